The van der Waals surface area contributed by atoms with Crippen LogP contribution in [0.4, 0.5) is 0 Å². The second-order valence-corrected chi connectivity index (χ2v) is 9.92. The van der Waals surface area contributed by atoms with Crippen molar-refractivity contribution in [1.29, 1.82) is 0 Å². The van der Waals surface area contributed by atoms with Crippen molar-refractivity contribution in [3.05, 3.63) is 28.8 Å². The molecule has 0 spiro atoms. The van der Waals surface area contributed by atoms with Crippen LogP contribution in [0.25, 0.3) is 0 Å². The molecule has 4 atom stereocenters. The predicted molar refractivity (Wildman–Crippen MR) is 114 cm³/mol. The molecule has 1 aromatic carbocycles. The Morgan fingerprint density at radius 3 is 2.61 bits per heavy atom. The highest BCUT2D eigenvalue weighted by Crippen LogP contribution is 2.59. The normalized spacial score (nSPS) is 31.6. The molecule has 3 aliphatic rings. The van der Waals surface area contributed by atoms with Gasteiger partial charge in [-0.25, -0.2) is 0 Å². The van der Waals surface area contributed by atoms with Gasteiger partial charge in [0.2, 0.25) is 0 Å². The molecule has 5 heteroatoms. The zero-order valence-corrected chi connectivity index (χ0v) is 18.2. The van der Waals surface area contributed by atoms with Gasteiger partial charge in [-0.15, -0.1) is 23.2 Å². The molecule has 1 aromatic rings. The number of aromatic hydroxyl groups is 1. The third-order valence-corrected chi connectivity index (χ3v) is 8.17. The highest BCUT2D eigenvalue weighted by Gasteiger charge is 2.54. The molecule has 28 heavy (non-hydrogen) atoms. The summed E-state index contributed by atoms with van der Waals surface area (Å²) < 4.78 is 0. The number of hydrogen-bond donors (Lipinski definition) is 1. The molecule has 3 aliphatic carbocycles. The molecule has 0 aromatic heterocycles. The van der Waals surface area contributed by atoms with Crippen LogP contribution in [0.1, 0.15) is 61.6 Å². The zero-order chi connectivity index (χ0) is 19.9. The van der Waals surface area contributed by atoms with E-state index < -0.39 is 0 Å². The highest BCUT2D eigenvalue weighted by molar-refractivity contribution is 6.18. The van der Waals surface area contributed by atoms with Crippen molar-refractivity contribution >= 4 is 29.0 Å². The minimum Gasteiger partial charge on any atom is -0.508 e. The number of rotatable bonds is 6. The first-order valence-corrected chi connectivity index (χ1v) is 11.8. The Kier molecular flexibility index (Phi) is 5.98. The van der Waals surface area contributed by atoms with Gasteiger partial charge in [0.15, 0.2) is 0 Å². The number of alkyl halides is 2. The van der Waals surface area contributed by atoms with Crippen molar-refractivity contribution in [3.8, 4) is 5.75 Å². The first-order valence-electron chi connectivity index (χ1n) is 10.7. The van der Waals surface area contributed by atoms with Gasteiger partial charge in [-0.05, 0) is 67.1 Å². The van der Waals surface area contributed by atoms with E-state index in [1.165, 1.54) is 11.1 Å². The second-order valence-electron chi connectivity index (χ2n) is 9.17. The number of aryl methyl sites for hydroxylation is 1. The van der Waals surface area contributed by atoms with Crippen LogP contribution in [0, 0.1) is 17.3 Å². The quantitative estimate of drug-likeness (QED) is 0.647. The Hall–Kier alpha value is -0.770. The molecule has 0 bridgehead atoms. The van der Waals surface area contributed by atoms with Crippen molar-refractivity contribution in [2.24, 2.45) is 17.3 Å². The molecule has 1 N–H and O–H groups in total. The average Bonchev–Trinajstić information content (AvgIpc) is 2.98. The highest BCUT2D eigenvalue weighted by atomic mass is 35.5. The van der Waals surface area contributed by atoms with Crippen molar-refractivity contribution < 1.29 is 9.90 Å². The summed E-state index contributed by atoms with van der Waals surface area (Å²) in [5.41, 5.74) is 3.61. The molecule has 0 heterocycles. The minimum absolute atomic E-state index is 0.0874. The van der Waals surface area contributed by atoms with Gasteiger partial charge in [0.25, 0.3) is 0 Å². The summed E-state index contributed by atoms with van der Waals surface area (Å²) in [6.45, 7) is 4.42. The van der Waals surface area contributed by atoms with E-state index in [-0.39, 0.29) is 5.41 Å². The van der Waals surface area contributed by atoms with E-state index in [0.717, 1.165) is 57.2 Å². The van der Waals surface area contributed by atoms with Crippen molar-refractivity contribution in [3.63, 3.8) is 0 Å². The number of phenols is 1. The maximum atomic E-state index is 12.5. The molecule has 4 rings (SSSR count). The molecular weight excluding hydrogens is 393 g/mol. The molecule has 154 valence electrons. The number of carbonyl (C=O) groups is 1. The van der Waals surface area contributed by atoms with Crippen LogP contribution < -0.4 is 0 Å². The summed E-state index contributed by atoms with van der Waals surface area (Å²) >= 11 is 11.9. The van der Waals surface area contributed by atoms with Gasteiger partial charge in [-0.2, -0.15) is 0 Å². The molecule has 0 aliphatic heterocycles. The van der Waals surface area contributed by atoms with Crippen LogP contribution in [0.2, 0.25) is 0 Å². The molecule has 2 saturated carbocycles. The van der Waals surface area contributed by atoms with Crippen LogP contribution in [-0.4, -0.2) is 40.6 Å². The first kappa shape index (κ1) is 20.5. The fourth-order valence-corrected chi connectivity index (χ4v) is 6.78. The fraction of sp³-hybridized carbons (Fsp3) is 0.696. The van der Waals surface area contributed by atoms with E-state index in [0.29, 0.717) is 47.6 Å². The number of Topliss-reactive ketones (excluding diaryl/α,β-unsaturated/α-hetero) is 1. The largest absolute Gasteiger partial charge is 0.508 e. The van der Waals surface area contributed by atoms with Gasteiger partial charge in [0.05, 0.1) is 0 Å². The number of benzene rings is 1. The number of fused-ring (bicyclic) bond motifs is 5. The minimum atomic E-state index is -0.0874. The molecule has 0 radical (unpaired) electrons. The summed E-state index contributed by atoms with van der Waals surface area (Å²) in [5.74, 6) is 3.67. The zero-order valence-electron chi connectivity index (χ0n) is 16.7. The van der Waals surface area contributed by atoms with Gasteiger partial charge >= 0.3 is 0 Å². The lowest BCUT2D eigenvalue weighted by Gasteiger charge is -2.48. The van der Waals surface area contributed by atoms with Crippen LogP contribution >= 0.6 is 23.2 Å². The number of phenolic OH excluding ortho intramolecular Hbond substituents is 1. The molecular formula is C23H31Cl2NO2. The van der Waals surface area contributed by atoms with Gasteiger partial charge < -0.3 is 5.11 Å². The van der Waals surface area contributed by atoms with E-state index >= 15 is 0 Å². The standard InChI is InChI=1S/C23H31Cl2NO2/c1-23-7-6-17-18(20(23)4-5-22(23)28)3-2-15-13-21(27)16(12-19(15)17)14-26(10-8-24)11-9-25/h12-13,17-18,20,27H,2-11,14H2,1H3/t17-,18+,20+,23-/m1/s1. The Bertz CT molecular complexity index is 746. The smallest absolute Gasteiger partial charge is 0.139 e. The summed E-state index contributed by atoms with van der Waals surface area (Å²) in [7, 11) is 0. The lowest BCUT2D eigenvalue weighted by atomic mass is 9.55. The average molecular weight is 424 g/mol. The molecule has 0 amide bonds. The third-order valence-electron chi connectivity index (χ3n) is 7.83. The van der Waals surface area contributed by atoms with E-state index in [9.17, 15) is 9.90 Å². The lowest BCUT2D eigenvalue weighted by molar-refractivity contribution is -0.129. The molecule has 2 fully saturated rings. The molecule has 3 nitrogen and oxygen atoms in total. The van der Waals surface area contributed by atoms with Crippen LogP contribution in [-0.2, 0) is 17.8 Å². The van der Waals surface area contributed by atoms with E-state index in [2.05, 4.69) is 17.9 Å². The van der Waals surface area contributed by atoms with E-state index in [1.807, 2.05) is 6.07 Å². The summed E-state index contributed by atoms with van der Waals surface area (Å²) in [5, 5.41) is 10.6. The molecule has 0 unspecified atom stereocenters. The number of carbonyl (C=O) groups excluding carboxylic acids is 1. The summed E-state index contributed by atoms with van der Waals surface area (Å²) in [6.07, 6.45) is 6.10. The van der Waals surface area contributed by atoms with Gasteiger partial charge in [0.1, 0.15) is 11.5 Å². The lowest BCUT2D eigenvalue weighted by Crippen LogP contribution is -2.42. The Morgan fingerprint density at radius 1 is 1.14 bits per heavy atom. The van der Waals surface area contributed by atoms with E-state index in [4.69, 9.17) is 23.2 Å². The summed E-state index contributed by atoms with van der Waals surface area (Å²) in [4.78, 5) is 14.7. The number of nitrogens with zero attached hydrogens (tertiary/aromatic N) is 1. The maximum Gasteiger partial charge on any atom is 0.139 e. The SMILES string of the molecule is C[C@@]12CC[C@H]3c4cc(CN(CCCl)CCCl)c(O)cc4CC[C@@H]3[C@@H]1CCC2=O. The third kappa shape index (κ3) is 3.48. The topological polar surface area (TPSA) is 40.5 Å². The van der Waals surface area contributed by atoms with Gasteiger partial charge in [-0.3, -0.25) is 9.69 Å². The Morgan fingerprint density at radius 2 is 1.89 bits per heavy atom. The monoisotopic (exact) mass is 423 g/mol. The van der Waals surface area contributed by atoms with Crippen molar-refractivity contribution in [2.75, 3.05) is 24.8 Å². The van der Waals surface area contributed by atoms with E-state index in [1.54, 1.807) is 0 Å². The van der Waals surface area contributed by atoms with Crippen LogP contribution in [0.15, 0.2) is 12.1 Å². The Labute approximate surface area is 178 Å². The van der Waals surface area contributed by atoms with Crippen molar-refractivity contribution in [2.45, 2.75) is 57.9 Å². The van der Waals surface area contributed by atoms with Crippen LogP contribution in [0.5, 0.6) is 5.75 Å². The Balaban J connectivity index is 1.62. The van der Waals surface area contributed by atoms with Crippen molar-refractivity contribution in [1.82, 2.24) is 4.90 Å². The fourth-order valence-electron chi connectivity index (χ4n) is 6.30. The van der Waals surface area contributed by atoms with Gasteiger partial charge in [0, 0.05) is 48.8 Å². The van der Waals surface area contributed by atoms with Crippen LogP contribution in [0.3, 0.4) is 0 Å². The summed E-state index contributed by atoms with van der Waals surface area (Å²) in [6, 6.07) is 4.24. The van der Waals surface area contributed by atoms with Gasteiger partial charge in [-0.1, -0.05) is 13.0 Å². The predicted octanol–water partition coefficient (Wildman–Crippen LogP) is 5.10. The maximum absolute atomic E-state index is 12.5. The second kappa shape index (κ2) is 8.16. The number of ketones is 1. The number of hydrogen-bond acceptors (Lipinski definition) is 3. The first-order chi connectivity index (χ1) is 13.5. The number of halogens is 2. The molecule has 0 saturated heterocycles.